The van der Waals surface area contributed by atoms with E-state index in [4.69, 9.17) is 40.1 Å². The molecular weight excluding hydrogens is 426 g/mol. The van der Waals surface area contributed by atoms with Crippen molar-refractivity contribution in [3.63, 3.8) is 0 Å². The number of aliphatic hydroxyl groups excluding tert-OH is 1. The maximum absolute atomic E-state index is 10.6. The van der Waals surface area contributed by atoms with Crippen molar-refractivity contribution >= 4 is 0 Å². The Hall–Kier alpha value is -3.38. The fraction of sp³-hybridized carbons (Fsp3) is 0.500. The van der Waals surface area contributed by atoms with Gasteiger partial charge in [-0.2, -0.15) is 0 Å². The number of ether oxygens (including phenoxy) is 2. The number of hydrogen-bond donors (Lipinski definition) is 3. The summed E-state index contributed by atoms with van der Waals surface area (Å²) in [6, 6.07) is 4.69. The van der Waals surface area contributed by atoms with Crippen molar-refractivity contribution in [1.82, 2.24) is 4.90 Å². The highest BCUT2D eigenvalue weighted by Crippen LogP contribution is 2.62. The fourth-order valence-electron chi connectivity index (χ4n) is 5.49. The number of hydrogen-bond acceptors (Lipinski definition) is 8. The van der Waals surface area contributed by atoms with Crippen molar-refractivity contribution in [1.29, 1.82) is 0 Å². The van der Waals surface area contributed by atoms with Crippen LogP contribution in [0.2, 0.25) is 0 Å². The van der Waals surface area contributed by atoms with Crippen LogP contribution in [-0.4, -0.2) is 69.0 Å². The molecule has 32 heavy (non-hydrogen) atoms. The third-order valence-electron chi connectivity index (χ3n) is 6.49. The Kier molecular flexibility index (Phi) is 6.55. The minimum Gasteiger partial charge on any atom is -0.486 e. The van der Waals surface area contributed by atoms with Crippen LogP contribution in [0.1, 0.15) is 17.5 Å². The lowest BCUT2D eigenvalue weighted by Gasteiger charge is -2.56. The lowest BCUT2D eigenvalue weighted by atomic mass is 9.53. The molecule has 1 fully saturated rings. The predicted molar refractivity (Wildman–Crippen MR) is 109 cm³/mol. The molecule has 1 spiro atoms. The average molecular weight is 451 g/mol. The van der Waals surface area contributed by atoms with Crippen LogP contribution in [0.15, 0.2) is 36.9 Å². The van der Waals surface area contributed by atoms with E-state index in [-0.39, 0.29) is 11.5 Å². The molecule has 2 bridgehead atoms. The largest absolute Gasteiger partial charge is 0.486 e. The Labute approximate surface area is 183 Å². The van der Waals surface area contributed by atoms with Crippen LogP contribution >= 0.6 is 0 Å². The van der Waals surface area contributed by atoms with Gasteiger partial charge in [-0.3, -0.25) is 0 Å². The van der Waals surface area contributed by atoms with Crippen molar-refractivity contribution in [2.45, 2.75) is 36.5 Å². The molecule has 1 aromatic rings. The molecule has 174 valence electrons. The lowest BCUT2D eigenvalue weighted by Crippen LogP contribution is -2.64. The van der Waals surface area contributed by atoms with Gasteiger partial charge in [-0.15, -0.1) is 20.2 Å². The molecule has 2 heterocycles. The second-order valence-corrected chi connectivity index (χ2v) is 7.98. The number of likely N-dealkylation sites (N-methyl/N-ethyl adjacent to an activating group) is 1. The Morgan fingerprint density at radius 2 is 1.97 bits per heavy atom. The molecule has 1 aromatic carbocycles. The van der Waals surface area contributed by atoms with Crippen molar-refractivity contribution in [2.75, 3.05) is 20.2 Å². The van der Waals surface area contributed by atoms with Crippen LogP contribution in [0.5, 0.6) is 11.5 Å². The summed E-state index contributed by atoms with van der Waals surface area (Å²) in [5, 5.41) is 37.9. The molecule has 0 saturated carbocycles. The van der Waals surface area contributed by atoms with E-state index in [1.54, 1.807) is 6.08 Å². The summed E-state index contributed by atoms with van der Waals surface area (Å²) >= 11 is 0. The number of benzene rings is 1. The van der Waals surface area contributed by atoms with Gasteiger partial charge in [0.15, 0.2) is 11.5 Å². The summed E-state index contributed by atoms with van der Waals surface area (Å²) in [6.45, 7) is 5.23. The van der Waals surface area contributed by atoms with E-state index in [2.05, 4.69) is 30.7 Å². The Balaban J connectivity index is 0.000000316. The van der Waals surface area contributed by atoms with Crippen molar-refractivity contribution in [2.24, 2.45) is 5.92 Å². The molecule has 12 nitrogen and oxygen atoms in total. The first kappa shape index (κ1) is 23.3. The highest BCUT2D eigenvalue weighted by molar-refractivity contribution is 5.62. The standard InChI is InChI=1S/C20H23NO3.2HNO3/c1-3-10-23-16-7-4-12-11-14-13-5-6-15(22)19-20(13,8-9-21(14)2)17(12)18(16)24-19;2*2-1(3)4/h3-7,13-15,19,22H,1,8-11H2,2H3;2*(H,2,3,4)/t13-,14+,15-,19-,20-;;/m0../s1. The van der Waals surface area contributed by atoms with Gasteiger partial charge in [0.05, 0.1) is 0 Å². The van der Waals surface area contributed by atoms with Crippen molar-refractivity contribution in [3.8, 4) is 11.5 Å². The van der Waals surface area contributed by atoms with Gasteiger partial charge < -0.3 is 29.9 Å². The van der Waals surface area contributed by atoms with Crippen LogP contribution in [0.3, 0.4) is 0 Å². The lowest BCUT2D eigenvalue weighted by molar-refractivity contribution is -0.742. The number of likely N-dealkylation sites (tertiary alicyclic amines) is 1. The molecule has 5 atom stereocenters. The van der Waals surface area contributed by atoms with E-state index in [1.807, 2.05) is 12.1 Å². The third kappa shape index (κ3) is 3.94. The van der Waals surface area contributed by atoms with E-state index in [0.717, 1.165) is 30.9 Å². The molecule has 2 aliphatic carbocycles. The number of aliphatic hydroxyl groups is 1. The van der Waals surface area contributed by atoms with Crippen LogP contribution in [0.25, 0.3) is 0 Å². The molecule has 2 aliphatic heterocycles. The van der Waals surface area contributed by atoms with E-state index in [1.165, 1.54) is 11.1 Å². The van der Waals surface area contributed by atoms with E-state index < -0.39 is 16.3 Å². The first-order valence-electron chi connectivity index (χ1n) is 9.93. The van der Waals surface area contributed by atoms with Gasteiger partial charge in [-0.1, -0.05) is 30.9 Å². The summed E-state index contributed by atoms with van der Waals surface area (Å²) in [7, 11) is 2.22. The van der Waals surface area contributed by atoms with Gasteiger partial charge in [-0.05, 0) is 38.1 Å². The van der Waals surface area contributed by atoms with Crippen LogP contribution < -0.4 is 9.47 Å². The predicted octanol–water partition coefficient (Wildman–Crippen LogP) is 1.36. The summed E-state index contributed by atoms with van der Waals surface area (Å²) in [6.07, 6.45) is 7.20. The molecule has 12 heteroatoms. The van der Waals surface area contributed by atoms with E-state index in [0.29, 0.717) is 18.6 Å². The quantitative estimate of drug-likeness (QED) is 0.346. The molecule has 3 N–H and O–H groups in total. The number of piperidine rings is 1. The second-order valence-electron chi connectivity index (χ2n) is 7.98. The van der Waals surface area contributed by atoms with Gasteiger partial charge >= 0.3 is 0 Å². The Bertz CT molecular complexity index is 917. The first-order chi connectivity index (χ1) is 15.1. The van der Waals surface area contributed by atoms with Crippen LogP contribution in [-0.2, 0) is 11.8 Å². The summed E-state index contributed by atoms with van der Waals surface area (Å²) in [5.41, 5.74) is 2.54. The molecule has 0 unspecified atom stereocenters. The van der Waals surface area contributed by atoms with Gasteiger partial charge in [-0.25, -0.2) is 0 Å². The summed E-state index contributed by atoms with van der Waals surface area (Å²) in [4.78, 5) is 19.2. The molecule has 0 aromatic heterocycles. The maximum atomic E-state index is 10.6. The molecule has 5 rings (SSSR count). The Morgan fingerprint density at radius 1 is 1.31 bits per heavy atom. The van der Waals surface area contributed by atoms with Crippen LogP contribution in [0, 0.1) is 26.1 Å². The topological polar surface area (TPSA) is 169 Å². The SMILES string of the molecule is C=CCOc1ccc2c3c1O[C@H]1[C@@H](O)C=C[C@H]4[C@@H](C2)N(C)CC[C@@]341.O=[N+]([O-])O.O=[N+]([O-])O. The zero-order valence-electron chi connectivity index (χ0n) is 17.4. The second kappa shape index (κ2) is 9.01. The van der Waals surface area contributed by atoms with E-state index in [9.17, 15) is 5.11 Å². The molecule has 1 saturated heterocycles. The molecule has 4 aliphatic rings. The zero-order chi connectivity index (χ0) is 23.6. The highest BCUT2D eigenvalue weighted by atomic mass is 16.9. The normalized spacial score (nSPS) is 30.3. The minimum atomic E-state index is -1.50. The maximum Gasteiger partial charge on any atom is 0.291 e. The van der Waals surface area contributed by atoms with Gasteiger partial charge in [0.2, 0.25) is 0 Å². The number of nitrogens with zero attached hydrogens (tertiary/aromatic N) is 3. The third-order valence-corrected chi connectivity index (χ3v) is 6.49. The minimum absolute atomic E-state index is 0.109. The smallest absolute Gasteiger partial charge is 0.291 e. The van der Waals surface area contributed by atoms with Gasteiger partial charge in [0, 0.05) is 22.9 Å². The van der Waals surface area contributed by atoms with Crippen molar-refractivity contribution in [3.05, 3.63) is 68.3 Å². The number of rotatable bonds is 3. The Morgan fingerprint density at radius 3 is 2.59 bits per heavy atom. The average Bonchev–Trinajstić information content (AvgIpc) is 3.06. The molecular formula is C20H25N3O9. The van der Waals surface area contributed by atoms with Gasteiger partial charge in [0.25, 0.3) is 10.2 Å². The van der Waals surface area contributed by atoms with Crippen LogP contribution in [0.4, 0.5) is 0 Å². The summed E-state index contributed by atoms with van der Waals surface area (Å²) < 4.78 is 12.2. The zero-order valence-corrected chi connectivity index (χ0v) is 17.4. The summed E-state index contributed by atoms with van der Waals surface area (Å²) in [5.74, 6) is 2.03. The fourth-order valence-corrected chi connectivity index (χ4v) is 5.49. The van der Waals surface area contributed by atoms with E-state index >= 15 is 0 Å². The van der Waals surface area contributed by atoms with Crippen molar-refractivity contribution < 1.29 is 35.2 Å². The molecule has 0 radical (unpaired) electrons. The first-order valence-corrected chi connectivity index (χ1v) is 9.93. The molecule has 0 amide bonds. The monoisotopic (exact) mass is 451 g/mol. The van der Waals surface area contributed by atoms with Gasteiger partial charge in [0.1, 0.15) is 18.8 Å². The highest BCUT2D eigenvalue weighted by Gasteiger charge is 2.64.